The number of quaternary nitrogens is 1. The van der Waals surface area contributed by atoms with E-state index in [2.05, 4.69) is 27.4 Å². The van der Waals surface area contributed by atoms with Crippen LogP contribution >= 0.6 is 11.3 Å². The van der Waals surface area contributed by atoms with Gasteiger partial charge in [-0.05, 0) is 24.4 Å². The Morgan fingerprint density at radius 2 is 2.30 bits per heavy atom. The average molecular weight is 334 g/mol. The van der Waals surface area contributed by atoms with Gasteiger partial charge in [0.25, 0.3) is 5.91 Å². The molecular weight excluding hydrogens is 310 g/mol. The number of nitrogens with one attached hydrogen (secondary N) is 2. The van der Waals surface area contributed by atoms with E-state index in [9.17, 15) is 4.79 Å². The molecule has 0 bridgehead atoms. The van der Waals surface area contributed by atoms with Gasteiger partial charge in [0, 0.05) is 11.9 Å². The molecule has 5 nitrogen and oxygen atoms in total. The highest BCUT2D eigenvalue weighted by Crippen LogP contribution is 2.25. The Kier molecular flexibility index (Phi) is 5.48. The first-order valence-electron chi connectivity index (χ1n) is 8.17. The second-order valence-corrected chi connectivity index (χ2v) is 6.65. The van der Waals surface area contributed by atoms with Gasteiger partial charge in [0.1, 0.15) is 23.6 Å². The van der Waals surface area contributed by atoms with Gasteiger partial charge in [-0.15, -0.1) is 11.3 Å². The molecule has 0 aromatic carbocycles. The normalized spacial score (nSPS) is 16.4. The Labute approximate surface area is 140 Å². The summed E-state index contributed by atoms with van der Waals surface area (Å²) in [5, 5.41) is 6.28. The zero-order valence-electron chi connectivity index (χ0n) is 13.5. The number of aromatic nitrogens is 1. The number of hydrogen-bond donors (Lipinski definition) is 2. The topological polar surface area (TPSA) is 47.7 Å². The maximum Gasteiger partial charge on any atom is 0.268 e. The number of allylic oxidation sites excluding steroid dienone is 2. The lowest BCUT2D eigenvalue weighted by atomic mass is 10.3. The quantitative estimate of drug-likeness (QED) is 0.772. The number of hydrogen-bond acceptors (Lipinski definition) is 3. The fraction of sp³-hybridized carbons (Fsp3) is 0.471. The van der Waals surface area contributed by atoms with E-state index in [1.807, 2.05) is 19.1 Å². The Morgan fingerprint density at radius 3 is 3.09 bits per heavy atom. The van der Waals surface area contributed by atoms with Crippen LogP contribution in [0.15, 0.2) is 29.7 Å². The third-order valence-electron chi connectivity index (χ3n) is 4.22. The molecule has 0 atom stereocenters. The van der Waals surface area contributed by atoms with Gasteiger partial charge in [0.2, 0.25) is 0 Å². The average Bonchev–Trinajstić information content (AvgIpc) is 3.15. The molecule has 0 saturated carbocycles. The molecular formula is C17H24N3O2S+. The van der Waals surface area contributed by atoms with Crippen molar-refractivity contribution in [2.75, 3.05) is 39.4 Å². The van der Waals surface area contributed by atoms with Crippen molar-refractivity contribution in [1.82, 2.24) is 9.88 Å². The Bertz CT molecular complexity index is 683. The Morgan fingerprint density at radius 1 is 1.48 bits per heavy atom. The van der Waals surface area contributed by atoms with Crippen molar-refractivity contribution in [3.63, 3.8) is 0 Å². The highest BCUT2D eigenvalue weighted by atomic mass is 32.1. The molecule has 0 unspecified atom stereocenters. The highest BCUT2D eigenvalue weighted by molar-refractivity contribution is 7.16. The van der Waals surface area contributed by atoms with Crippen LogP contribution in [-0.2, 0) is 11.3 Å². The smallest absolute Gasteiger partial charge is 0.268 e. The SMILES string of the molecule is C/C=C\Cn1c(C(=O)NCC[NH+]2CCOCC2)cc2ccsc21. The van der Waals surface area contributed by atoms with Crippen molar-refractivity contribution in [3.05, 3.63) is 35.4 Å². The largest absolute Gasteiger partial charge is 0.370 e. The molecule has 124 valence electrons. The summed E-state index contributed by atoms with van der Waals surface area (Å²) >= 11 is 1.68. The van der Waals surface area contributed by atoms with Crippen LogP contribution in [0.5, 0.6) is 0 Å². The predicted molar refractivity (Wildman–Crippen MR) is 93.3 cm³/mol. The zero-order chi connectivity index (χ0) is 16.1. The molecule has 23 heavy (non-hydrogen) atoms. The summed E-state index contributed by atoms with van der Waals surface area (Å²) in [5.41, 5.74) is 0.752. The van der Waals surface area contributed by atoms with Crippen LogP contribution in [0.3, 0.4) is 0 Å². The zero-order valence-corrected chi connectivity index (χ0v) is 14.3. The number of carbonyl (C=O) groups excluding carboxylic acids is 1. The van der Waals surface area contributed by atoms with E-state index in [1.165, 1.54) is 4.90 Å². The molecule has 2 aromatic rings. The van der Waals surface area contributed by atoms with E-state index in [0.717, 1.165) is 55.3 Å². The van der Waals surface area contributed by atoms with Crippen molar-refractivity contribution in [2.45, 2.75) is 13.5 Å². The van der Waals surface area contributed by atoms with Gasteiger partial charge in [0.05, 0.1) is 26.3 Å². The summed E-state index contributed by atoms with van der Waals surface area (Å²) in [6, 6.07) is 4.06. The van der Waals surface area contributed by atoms with Crippen LogP contribution in [0.25, 0.3) is 10.2 Å². The second-order valence-electron chi connectivity index (χ2n) is 5.76. The third kappa shape index (κ3) is 3.83. The first-order valence-corrected chi connectivity index (χ1v) is 9.05. The summed E-state index contributed by atoms with van der Waals surface area (Å²) in [5.74, 6) is 0.0190. The lowest BCUT2D eigenvalue weighted by Gasteiger charge is -2.23. The minimum atomic E-state index is 0.0190. The van der Waals surface area contributed by atoms with Crippen molar-refractivity contribution in [3.8, 4) is 0 Å². The van der Waals surface area contributed by atoms with Crippen molar-refractivity contribution < 1.29 is 14.4 Å². The predicted octanol–water partition coefficient (Wildman–Crippen LogP) is 0.924. The Hall–Kier alpha value is -1.63. The first-order chi connectivity index (χ1) is 11.3. The summed E-state index contributed by atoms with van der Waals surface area (Å²) < 4.78 is 7.45. The van der Waals surface area contributed by atoms with E-state index >= 15 is 0 Å². The van der Waals surface area contributed by atoms with Crippen LogP contribution in [0, 0.1) is 0 Å². The molecule has 3 rings (SSSR count). The summed E-state index contributed by atoms with van der Waals surface area (Å²) in [4.78, 5) is 15.2. The van der Waals surface area contributed by atoms with E-state index < -0.39 is 0 Å². The van der Waals surface area contributed by atoms with Crippen LogP contribution in [0.4, 0.5) is 0 Å². The second kappa shape index (κ2) is 7.77. The van der Waals surface area contributed by atoms with E-state index in [-0.39, 0.29) is 5.91 Å². The lowest BCUT2D eigenvalue weighted by molar-refractivity contribution is -0.906. The molecule has 0 spiro atoms. The van der Waals surface area contributed by atoms with Gasteiger partial charge in [-0.3, -0.25) is 4.79 Å². The molecule has 1 amide bonds. The first kappa shape index (κ1) is 16.2. The summed E-state index contributed by atoms with van der Waals surface area (Å²) in [6.45, 7) is 8.11. The van der Waals surface area contributed by atoms with Crippen LogP contribution < -0.4 is 10.2 Å². The molecule has 1 saturated heterocycles. The van der Waals surface area contributed by atoms with Gasteiger partial charge < -0.3 is 19.5 Å². The van der Waals surface area contributed by atoms with E-state index in [0.29, 0.717) is 6.54 Å². The number of nitrogens with zero attached hydrogens (tertiary/aromatic N) is 1. The maximum absolute atomic E-state index is 12.6. The summed E-state index contributed by atoms with van der Waals surface area (Å²) in [7, 11) is 0. The molecule has 1 aliphatic rings. The number of carbonyl (C=O) groups is 1. The van der Waals surface area contributed by atoms with Crippen LogP contribution in [-0.4, -0.2) is 49.9 Å². The van der Waals surface area contributed by atoms with Crippen molar-refractivity contribution in [2.24, 2.45) is 0 Å². The van der Waals surface area contributed by atoms with E-state index in [1.54, 1.807) is 11.3 Å². The molecule has 1 aliphatic heterocycles. The van der Waals surface area contributed by atoms with E-state index in [4.69, 9.17) is 4.74 Å². The fourth-order valence-electron chi connectivity index (χ4n) is 2.91. The summed E-state index contributed by atoms with van der Waals surface area (Å²) in [6.07, 6.45) is 4.09. The molecule has 1 fully saturated rings. The molecule has 2 aromatic heterocycles. The lowest BCUT2D eigenvalue weighted by Crippen LogP contribution is -3.14. The molecule has 0 radical (unpaired) electrons. The van der Waals surface area contributed by atoms with Gasteiger partial charge in [0.15, 0.2) is 0 Å². The van der Waals surface area contributed by atoms with Crippen molar-refractivity contribution >= 4 is 27.5 Å². The third-order valence-corrected chi connectivity index (χ3v) is 5.17. The van der Waals surface area contributed by atoms with Gasteiger partial charge >= 0.3 is 0 Å². The minimum Gasteiger partial charge on any atom is -0.370 e. The fourth-order valence-corrected chi connectivity index (χ4v) is 3.82. The number of amides is 1. The molecule has 0 aliphatic carbocycles. The van der Waals surface area contributed by atoms with Crippen LogP contribution in [0.2, 0.25) is 0 Å². The highest BCUT2D eigenvalue weighted by Gasteiger charge is 2.17. The van der Waals surface area contributed by atoms with Gasteiger partial charge in [-0.25, -0.2) is 0 Å². The molecule has 2 N–H and O–H groups in total. The number of morpholine rings is 1. The number of fused-ring (bicyclic) bond motifs is 1. The van der Waals surface area contributed by atoms with Gasteiger partial charge in [-0.1, -0.05) is 12.2 Å². The number of ether oxygens (including phenoxy) is 1. The maximum atomic E-state index is 12.6. The number of rotatable bonds is 6. The van der Waals surface area contributed by atoms with Gasteiger partial charge in [-0.2, -0.15) is 0 Å². The monoisotopic (exact) mass is 334 g/mol. The number of thiophene rings is 1. The molecule has 3 heterocycles. The minimum absolute atomic E-state index is 0.0190. The Balaban J connectivity index is 1.64. The van der Waals surface area contributed by atoms with Crippen molar-refractivity contribution in [1.29, 1.82) is 0 Å². The van der Waals surface area contributed by atoms with Crippen LogP contribution in [0.1, 0.15) is 17.4 Å². The molecule has 6 heteroatoms. The standard InChI is InChI=1S/C17H23N3O2S/c1-2-3-6-20-15(13-14-4-12-23-17(14)20)16(21)18-5-7-19-8-10-22-11-9-19/h2-4,12-13H,5-11H2,1H3,(H,18,21)/p+1/b3-2-.